The molecular formula is C13H16F2N2O3S2. The Morgan fingerprint density at radius 3 is 2.55 bits per heavy atom. The smallest absolute Gasteiger partial charge is 0.387 e. The van der Waals surface area contributed by atoms with E-state index in [1.54, 1.807) is 24.1 Å². The van der Waals surface area contributed by atoms with Gasteiger partial charge in [-0.1, -0.05) is 0 Å². The number of rotatable bonds is 4. The van der Waals surface area contributed by atoms with Gasteiger partial charge in [0.2, 0.25) is 0 Å². The van der Waals surface area contributed by atoms with Gasteiger partial charge >= 0.3 is 6.61 Å². The molecule has 1 N–H and O–H groups in total. The zero-order valence-corrected chi connectivity index (χ0v) is 13.5. The first-order valence-electron chi connectivity index (χ1n) is 6.56. The Kier molecular flexibility index (Phi) is 5.17. The number of thiocarbonyl (C=S) groups is 1. The topological polar surface area (TPSA) is 58.6 Å². The van der Waals surface area contributed by atoms with E-state index in [1.807, 2.05) is 0 Å². The van der Waals surface area contributed by atoms with E-state index >= 15 is 0 Å². The number of alkyl halides is 2. The maximum atomic E-state index is 12.1. The van der Waals surface area contributed by atoms with Crippen LogP contribution in [0.4, 0.5) is 14.5 Å². The first kappa shape index (κ1) is 16.9. The molecule has 0 unspecified atom stereocenters. The molecular weight excluding hydrogens is 334 g/mol. The molecule has 1 aliphatic rings. The number of hydrogen-bond acceptors (Lipinski definition) is 4. The number of nitrogens with zero attached hydrogens (tertiary/aromatic N) is 1. The highest BCUT2D eigenvalue weighted by molar-refractivity contribution is 7.91. The summed E-state index contributed by atoms with van der Waals surface area (Å²) in [6.45, 7) is -2.87. The number of benzene rings is 1. The molecule has 22 heavy (non-hydrogen) atoms. The summed E-state index contributed by atoms with van der Waals surface area (Å²) in [5.41, 5.74) is 0.610. The van der Waals surface area contributed by atoms with Crippen LogP contribution in [0.2, 0.25) is 0 Å². The third-order valence-electron chi connectivity index (χ3n) is 3.41. The highest BCUT2D eigenvalue weighted by Gasteiger charge is 2.31. The van der Waals surface area contributed by atoms with Crippen molar-refractivity contribution >= 4 is 32.9 Å². The Morgan fingerprint density at radius 1 is 1.41 bits per heavy atom. The van der Waals surface area contributed by atoms with Crippen molar-refractivity contribution in [1.82, 2.24) is 4.90 Å². The van der Waals surface area contributed by atoms with Gasteiger partial charge in [-0.05, 0) is 42.9 Å². The van der Waals surface area contributed by atoms with Crippen LogP contribution in [0.15, 0.2) is 24.3 Å². The Balaban J connectivity index is 1.94. The van der Waals surface area contributed by atoms with Gasteiger partial charge in [0.25, 0.3) is 0 Å². The highest BCUT2D eigenvalue weighted by Crippen LogP contribution is 2.20. The molecule has 0 bridgehead atoms. The largest absolute Gasteiger partial charge is 0.435 e. The molecule has 1 atom stereocenters. The van der Waals surface area contributed by atoms with Gasteiger partial charge in [-0.15, -0.1) is 0 Å². The first-order valence-corrected chi connectivity index (χ1v) is 8.79. The maximum Gasteiger partial charge on any atom is 0.387 e. The molecule has 5 nitrogen and oxygen atoms in total. The third kappa shape index (κ3) is 4.51. The second kappa shape index (κ2) is 6.74. The standard InChI is InChI=1S/C13H16F2N2O3S2/c1-17(10-6-7-22(18,19)8-10)13(21)16-9-2-4-11(5-3-9)20-12(14)15/h2-5,10,12H,6-8H2,1H3,(H,16,21)/t10-/m1/s1. The van der Waals surface area contributed by atoms with Crippen molar-refractivity contribution in [3.63, 3.8) is 0 Å². The van der Waals surface area contributed by atoms with Gasteiger partial charge in [0.05, 0.1) is 11.5 Å². The zero-order chi connectivity index (χ0) is 16.3. The van der Waals surface area contributed by atoms with Gasteiger partial charge < -0.3 is 15.0 Å². The monoisotopic (exact) mass is 350 g/mol. The Morgan fingerprint density at radius 2 is 2.05 bits per heavy atom. The van der Waals surface area contributed by atoms with Crippen LogP contribution >= 0.6 is 12.2 Å². The van der Waals surface area contributed by atoms with Crippen LogP contribution in [0.1, 0.15) is 6.42 Å². The minimum Gasteiger partial charge on any atom is -0.435 e. The molecule has 1 aromatic carbocycles. The van der Waals surface area contributed by atoms with Crippen LogP contribution in [0.3, 0.4) is 0 Å². The third-order valence-corrected chi connectivity index (χ3v) is 5.55. The number of nitrogens with one attached hydrogen (secondary N) is 1. The van der Waals surface area contributed by atoms with E-state index in [2.05, 4.69) is 10.1 Å². The van der Waals surface area contributed by atoms with E-state index in [0.29, 0.717) is 17.2 Å². The molecule has 1 saturated heterocycles. The molecule has 2 rings (SSSR count). The lowest BCUT2D eigenvalue weighted by Gasteiger charge is -2.26. The molecule has 0 radical (unpaired) electrons. The summed E-state index contributed by atoms with van der Waals surface area (Å²) in [5.74, 6) is 0.318. The summed E-state index contributed by atoms with van der Waals surface area (Å²) in [6.07, 6.45) is 0.543. The quantitative estimate of drug-likeness (QED) is 0.840. The molecule has 1 heterocycles. The Hall–Kier alpha value is -1.48. The fourth-order valence-corrected chi connectivity index (χ4v) is 4.22. The highest BCUT2D eigenvalue weighted by atomic mass is 32.2. The number of hydrogen-bond donors (Lipinski definition) is 1. The second-order valence-corrected chi connectivity index (χ2v) is 7.62. The van der Waals surface area contributed by atoms with E-state index in [-0.39, 0.29) is 23.3 Å². The average Bonchev–Trinajstić information content (AvgIpc) is 2.80. The molecule has 1 aromatic rings. The maximum absolute atomic E-state index is 12.1. The summed E-state index contributed by atoms with van der Waals surface area (Å²) in [5, 5.41) is 3.33. The fourth-order valence-electron chi connectivity index (χ4n) is 2.18. The van der Waals surface area contributed by atoms with Crippen molar-refractivity contribution in [2.75, 3.05) is 23.9 Å². The molecule has 9 heteroatoms. The molecule has 122 valence electrons. The summed E-state index contributed by atoms with van der Waals surface area (Å²) < 4.78 is 51.3. The van der Waals surface area contributed by atoms with Crippen molar-refractivity contribution in [1.29, 1.82) is 0 Å². The van der Waals surface area contributed by atoms with Crippen LogP contribution in [-0.4, -0.2) is 49.6 Å². The lowest BCUT2D eigenvalue weighted by molar-refractivity contribution is -0.0498. The molecule has 1 aliphatic heterocycles. The Labute approximate surface area is 133 Å². The van der Waals surface area contributed by atoms with Crippen LogP contribution in [0, 0.1) is 0 Å². The van der Waals surface area contributed by atoms with Gasteiger partial charge in [-0.2, -0.15) is 8.78 Å². The number of ether oxygens (including phenoxy) is 1. The van der Waals surface area contributed by atoms with Crippen molar-refractivity contribution in [3.8, 4) is 5.75 Å². The number of halogens is 2. The van der Waals surface area contributed by atoms with Crippen LogP contribution in [0.5, 0.6) is 5.75 Å². The zero-order valence-electron chi connectivity index (χ0n) is 11.8. The minimum atomic E-state index is -2.98. The van der Waals surface area contributed by atoms with E-state index in [4.69, 9.17) is 12.2 Å². The minimum absolute atomic E-state index is 0.0571. The summed E-state index contributed by atoms with van der Waals surface area (Å²) in [6, 6.07) is 5.77. The van der Waals surface area contributed by atoms with Crippen LogP contribution in [0.25, 0.3) is 0 Å². The lowest BCUT2D eigenvalue weighted by Crippen LogP contribution is -2.40. The molecule has 0 amide bonds. The van der Waals surface area contributed by atoms with Crippen LogP contribution < -0.4 is 10.1 Å². The van der Waals surface area contributed by atoms with Gasteiger partial charge in [0, 0.05) is 18.8 Å². The van der Waals surface area contributed by atoms with Crippen molar-refractivity contribution in [2.24, 2.45) is 0 Å². The van der Waals surface area contributed by atoms with Crippen molar-refractivity contribution in [3.05, 3.63) is 24.3 Å². The number of sulfone groups is 1. The average molecular weight is 350 g/mol. The molecule has 0 aliphatic carbocycles. The Bertz CT molecular complexity index is 635. The SMILES string of the molecule is CN(C(=S)Nc1ccc(OC(F)F)cc1)[C@@H]1CCS(=O)(=O)C1. The van der Waals surface area contributed by atoms with E-state index < -0.39 is 16.4 Å². The lowest BCUT2D eigenvalue weighted by atomic mass is 10.2. The number of anilines is 1. The van der Waals surface area contributed by atoms with E-state index in [9.17, 15) is 17.2 Å². The summed E-state index contributed by atoms with van der Waals surface area (Å²) in [4.78, 5) is 1.71. The normalized spacial score (nSPS) is 19.9. The van der Waals surface area contributed by atoms with E-state index in [0.717, 1.165) is 0 Å². The second-order valence-electron chi connectivity index (χ2n) is 5.00. The molecule has 1 fully saturated rings. The van der Waals surface area contributed by atoms with Gasteiger partial charge in [-0.25, -0.2) is 8.42 Å². The van der Waals surface area contributed by atoms with E-state index in [1.165, 1.54) is 12.1 Å². The fraction of sp³-hybridized carbons (Fsp3) is 0.462. The van der Waals surface area contributed by atoms with Crippen LogP contribution in [-0.2, 0) is 9.84 Å². The summed E-state index contributed by atoms with van der Waals surface area (Å²) >= 11 is 5.24. The van der Waals surface area contributed by atoms with Crippen molar-refractivity contribution < 1.29 is 21.9 Å². The molecule has 0 saturated carbocycles. The molecule has 0 spiro atoms. The first-order chi connectivity index (χ1) is 10.3. The predicted molar refractivity (Wildman–Crippen MR) is 84.1 cm³/mol. The van der Waals surface area contributed by atoms with Gasteiger partial charge in [0.15, 0.2) is 14.9 Å². The molecule has 0 aromatic heterocycles. The van der Waals surface area contributed by atoms with Gasteiger partial charge in [0.1, 0.15) is 5.75 Å². The summed E-state index contributed by atoms with van der Waals surface area (Å²) in [7, 11) is -1.25. The van der Waals surface area contributed by atoms with Crippen molar-refractivity contribution in [2.45, 2.75) is 19.1 Å². The predicted octanol–water partition coefficient (Wildman–Crippen LogP) is 2.10. The van der Waals surface area contributed by atoms with Gasteiger partial charge in [-0.3, -0.25) is 0 Å².